The van der Waals surface area contributed by atoms with Crippen LogP contribution in [0, 0.1) is 0 Å². The Labute approximate surface area is 98.5 Å². The molecule has 0 amide bonds. The first-order valence-electron chi connectivity index (χ1n) is 6.61. The highest BCUT2D eigenvalue weighted by atomic mass is 15.1. The van der Waals surface area contributed by atoms with Gasteiger partial charge in [-0.25, -0.2) is 0 Å². The average Bonchev–Trinajstić information content (AvgIpc) is 3.13. The van der Waals surface area contributed by atoms with E-state index >= 15 is 0 Å². The van der Waals surface area contributed by atoms with E-state index in [4.69, 9.17) is 0 Å². The van der Waals surface area contributed by atoms with E-state index in [1.165, 1.54) is 38.8 Å². The largest absolute Gasteiger partial charge is 0.306 e. The number of piperidine rings is 1. The molecule has 1 aliphatic carbocycles. The molecule has 1 saturated carbocycles. The van der Waals surface area contributed by atoms with Gasteiger partial charge >= 0.3 is 0 Å². The normalized spacial score (nSPS) is 26.9. The Morgan fingerprint density at radius 2 is 1.81 bits per heavy atom. The highest BCUT2D eigenvalue weighted by Gasteiger charge is 2.25. The molecule has 1 nitrogen and oxygen atoms in total. The minimum atomic E-state index is 0.775. The van der Waals surface area contributed by atoms with E-state index in [0.29, 0.717) is 0 Å². The predicted molar refractivity (Wildman–Crippen MR) is 67.9 cm³/mol. The van der Waals surface area contributed by atoms with Crippen LogP contribution in [-0.2, 0) is 0 Å². The van der Waals surface area contributed by atoms with Crippen molar-refractivity contribution in [3.63, 3.8) is 0 Å². The van der Waals surface area contributed by atoms with Gasteiger partial charge in [-0.05, 0) is 62.2 Å². The van der Waals surface area contributed by atoms with Gasteiger partial charge in [-0.15, -0.1) is 0 Å². The van der Waals surface area contributed by atoms with Crippen molar-refractivity contribution in [1.29, 1.82) is 0 Å². The number of hydrogen-bond acceptors (Lipinski definition) is 1. The van der Waals surface area contributed by atoms with E-state index in [-0.39, 0.29) is 0 Å². The molecule has 1 aromatic carbocycles. The van der Waals surface area contributed by atoms with Gasteiger partial charge in [0.25, 0.3) is 0 Å². The highest BCUT2D eigenvalue weighted by molar-refractivity contribution is 5.31. The third-order valence-corrected chi connectivity index (χ3v) is 4.06. The van der Waals surface area contributed by atoms with Crippen LogP contribution in [0.2, 0.25) is 0 Å². The summed E-state index contributed by atoms with van der Waals surface area (Å²) in [4.78, 5) is 2.47. The fourth-order valence-electron chi connectivity index (χ4n) is 2.92. The van der Waals surface area contributed by atoms with Crippen LogP contribution in [0.3, 0.4) is 0 Å². The van der Waals surface area contributed by atoms with Crippen LogP contribution in [0.4, 0.5) is 0 Å². The number of likely N-dealkylation sites (N-methyl/N-ethyl adjacent to an activating group) is 1. The van der Waals surface area contributed by atoms with Crippen LogP contribution in [0.15, 0.2) is 24.3 Å². The van der Waals surface area contributed by atoms with Gasteiger partial charge in [-0.2, -0.15) is 0 Å². The third-order valence-electron chi connectivity index (χ3n) is 4.06. The van der Waals surface area contributed by atoms with Crippen molar-refractivity contribution < 1.29 is 0 Å². The standard InChI is InChI=1S/C15H21N/c1-16-9-3-6-15(11-16)14-5-2-4-13(10-14)12-7-8-12/h2,4-5,10,12,15H,3,6-9,11H2,1H3. The fraction of sp³-hybridized carbons (Fsp3) is 0.600. The lowest BCUT2D eigenvalue weighted by Crippen LogP contribution is -2.30. The zero-order chi connectivity index (χ0) is 11.0. The predicted octanol–water partition coefficient (Wildman–Crippen LogP) is 3.37. The molecule has 1 aromatic rings. The monoisotopic (exact) mass is 215 g/mol. The number of hydrogen-bond donors (Lipinski definition) is 0. The van der Waals surface area contributed by atoms with E-state index < -0.39 is 0 Å². The second-order valence-corrected chi connectivity index (χ2v) is 5.55. The summed E-state index contributed by atoms with van der Waals surface area (Å²) in [5, 5.41) is 0. The van der Waals surface area contributed by atoms with Crippen LogP contribution in [0.5, 0.6) is 0 Å². The molecule has 0 N–H and O–H groups in total. The summed E-state index contributed by atoms with van der Waals surface area (Å²) < 4.78 is 0. The summed E-state index contributed by atoms with van der Waals surface area (Å²) in [6.07, 6.45) is 5.55. The summed E-state index contributed by atoms with van der Waals surface area (Å²) in [6.45, 7) is 2.52. The Morgan fingerprint density at radius 3 is 2.50 bits per heavy atom. The maximum Gasteiger partial charge on any atom is 0.00472 e. The van der Waals surface area contributed by atoms with Crippen LogP contribution in [-0.4, -0.2) is 25.0 Å². The molecular formula is C15H21N. The molecule has 1 atom stereocenters. The average molecular weight is 215 g/mol. The Balaban J connectivity index is 1.79. The Morgan fingerprint density at radius 1 is 1.06 bits per heavy atom. The van der Waals surface area contributed by atoms with Crippen molar-refractivity contribution in [3.8, 4) is 0 Å². The molecule has 1 unspecified atom stereocenters. The van der Waals surface area contributed by atoms with E-state index in [1.54, 1.807) is 11.1 Å². The van der Waals surface area contributed by atoms with E-state index in [1.807, 2.05) is 0 Å². The van der Waals surface area contributed by atoms with Gasteiger partial charge in [-0.3, -0.25) is 0 Å². The molecule has 0 bridgehead atoms. The van der Waals surface area contributed by atoms with Crippen molar-refractivity contribution in [1.82, 2.24) is 4.90 Å². The summed E-state index contributed by atoms with van der Waals surface area (Å²) in [6, 6.07) is 9.38. The first-order valence-corrected chi connectivity index (χ1v) is 6.61. The van der Waals surface area contributed by atoms with Crippen molar-refractivity contribution >= 4 is 0 Å². The van der Waals surface area contributed by atoms with E-state index in [2.05, 4.69) is 36.2 Å². The Hall–Kier alpha value is -0.820. The molecule has 1 aliphatic heterocycles. The maximum absolute atomic E-state index is 2.47. The van der Waals surface area contributed by atoms with Gasteiger partial charge < -0.3 is 4.90 Å². The van der Waals surface area contributed by atoms with Crippen LogP contribution >= 0.6 is 0 Å². The Bertz CT molecular complexity index is 367. The molecular weight excluding hydrogens is 194 g/mol. The summed E-state index contributed by atoms with van der Waals surface area (Å²) in [5.74, 6) is 1.67. The molecule has 0 spiro atoms. The molecule has 1 saturated heterocycles. The van der Waals surface area contributed by atoms with E-state index in [0.717, 1.165) is 11.8 Å². The first kappa shape index (κ1) is 10.3. The lowest BCUT2D eigenvalue weighted by atomic mass is 9.89. The molecule has 16 heavy (non-hydrogen) atoms. The second kappa shape index (κ2) is 4.21. The van der Waals surface area contributed by atoms with Crippen LogP contribution in [0.25, 0.3) is 0 Å². The number of likely N-dealkylation sites (tertiary alicyclic amines) is 1. The van der Waals surface area contributed by atoms with Gasteiger partial charge in [0.15, 0.2) is 0 Å². The van der Waals surface area contributed by atoms with Gasteiger partial charge in [-0.1, -0.05) is 24.3 Å². The molecule has 1 heteroatoms. The highest BCUT2D eigenvalue weighted by Crippen LogP contribution is 2.41. The molecule has 86 valence electrons. The molecule has 0 aromatic heterocycles. The van der Waals surface area contributed by atoms with Gasteiger partial charge in [0.1, 0.15) is 0 Å². The molecule has 2 aliphatic rings. The molecule has 1 heterocycles. The summed E-state index contributed by atoms with van der Waals surface area (Å²) in [5.41, 5.74) is 3.17. The molecule has 0 radical (unpaired) electrons. The van der Waals surface area contributed by atoms with Crippen molar-refractivity contribution in [3.05, 3.63) is 35.4 Å². The SMILES string of the molecule is CN1CCCC(c2cccc(C3CC3)c2)C1. The number of nitrogens with zero attached hydrogens (tertiary/aromatic N) is 1. The zero-order valence-corrected chi connectivity index (χ0v) is 10.2. The number of rotatable bonds is 2. The Kier molecular flexibility index (Phi) is 2.72. The molecule has 3 rings (SSSR count). The second-order valence-electron chi connectivity index (χ2n) is 5.55. The fourth-order valence-corrected chi connectivity index (χ4v) is 2.92. The van der Waals surface area contributed by atoms with Crippen molar-refractivity contribution in [2.24, 2.45) is 0 Å². The summed E-state index contributed by atoms with van der Waals surface area (Å²) in [7, 11) is 2.25. The zero-order valence-electron chi connectivity index (χ0n) is 10.2. The van der Waals surface area contributed by atoms with Gasteiger partial charge in [0.2, 0.25) is 0 Å². The minimum Gasteiger partial charge on any atom is -0.306 e. The van der Waals surface area contributed by atoms with Gasteiger partial charge in [0.05, 0.1) is 0 Å². The first-order chi connectivity index (χ1) is 7.83. The smallest absolute Gasteiger partial charge is 0.00472 e. The summed E-state index contributed by atoms with van der Waals surface area (Å²) >= 11 is 0. The third kappa shape index (κ3) is 2.15. The minimum absolute atomic E-state index is 0.775. The maximum atomic E-state index is 2.47. The van der Waals surface area contributed by atoms with Gasteiger partial charge in [0, 0.05) is 6.54 Å². The van der Waals surface area contributed by atoms with Crippen LogP contribution < -0.4 is 0 Å². The lowest BCUT2D eigenvalue weighted by molar-refractivity contribution is 0.251. The van der Waals surface area contributed by atoms with Crippen LogP contribution in [0.1, 0.15) is 48.6 Å². The van der Waals surface area contributed by atoms with Crippen molar-refractivity contribution in [2.75, 3.05) is 20.1 Å². The van der Waals surface area contributed by atoms with E-state index in [9.17, 15) is 0 Å². The van der Waals surface area contributed by atoms with Crippen molar-refractivity contribution in [2.45, 2.75) is 37.5 Å². The molecule has 2 fully saturated rings. The topological polar surface area (TPSA) is 3.24 Å². The lowest BCUT2D eigenvalue weighted by Gasteiger charge is -2.30. The number of benzene rings is 1. The quantitative estimate of drug-likeness (QED) is 0.731.